The first-order chi connectivity index (χ1) is 17.5. The Balaban J connectivity index is 1.60. The minimum absolute atomic E-state index is 0.206. The topological polar surface area (TPSA) is 149 Å². The van der Waals surface area contributed by atoms with Crippen molar-refractivity contribution in [1.29, 1.82) is 0 Å². The molecule has 3 aromatic rings. The molecule has 4 rings (SSSR count). The molecule has 192 valence electrons. The van der Waals surface area contributed by atoms with Crippen molar-refractivity contribution >= 4 is 24.5 Å². The van der Waals surface area contributed by atoms with E-state index in [0.29, 0.717) is 5.39 Å². The van der Waals surface area contributed by atoms with Gasteiger partial charge in [0.2, 0.25) is 0 Å². The van der Waals surface area contributed by atoms with Crippen LogP contribution in [0, 0.1) is 19.3 Å². The van der Waals surface area contributed by atoms with E-state index >= 15 is 0 Å². The highest BCUT2D eigenvalue weighted by Gasteiger charge is 2.40. The van der Waals surface area contributed by atoms with Gasteiger partial charge < -0.3 is 14.4 Å². The second-order valence-corrected chi connectivity index (χ2v) is 10.1. The summed E-state index contributed by atoms with van der Waals surface area (Å²) in [5, 5.41) is 13.2. The molecule has 0 radical (unpaired) electrons. The smallest absolute Gasteiger partial charge is 0.459 e. The molecule has 2 heterocycles. The first-order valence-corrected chi connectivity index (χ1v) is 12.7. The van der Waals surface area contributed by atoms with Crippen molar-refractivity contribution in [1.82, 2.24) is 14.6 Å². The van der Waals surface area contributed by atoms with E-state index in [1.165, 1.54) is 32.2 Å². The molecule has 2 aromatic carbocycles. The van der Waals surface area contributed by atoms with Gasteiger partial charge in [-0.15, -0.1) is 6.42 Å². The summed E-state index contributed by atoms with van der Waals surface area (Å²) in [6.07, 6.45) is 9.00. The van der Waals surface area contributed by atoms with Crippen molar-refractivity contribution in [2.75, 3.05) is 6.61 Å². The van der Waals surface area contributed by atoms with Gasteiger partial charge in [-0.3, -0.25) is 23.7 Å². The van der Waals surface area contributed by atoms with Crippen LogP contribution in [0.25, 0.3) is 10.8 Å². The van der Waals surface area contributed by atoms with Gasteiger partial charge in [0.15, 0.2) is 11.8 Å². The number of carboxylic acid groups (broad SMARTS) is 1. The van der Waals surface area contributed by atoms with Crippen LogP contribution < -0.4 is 20.9 Å². The molecule has 0 saturated carbocycles. The number of terminal acetylenes is 1. The predicted molar refractivity (Wildman–Crippen MR) is 135 cm³/mol. The minimum atomic E-state index is -4.34. The lowest BCUT2D eigenvalue weighted by molar-refractivity contribution is -0.138. The summed E-state index contributed by atoms with van der Waals surface area (Å²) in [5.74, 6) is 1.35. The Labute approximate surface area is 211 Å². The molecule has 1 aliphatic rings. The summed E-state index contributed by atoms with van der Waals surface area (Å²) < 4.78 is 32.2. The lowest BCUT2D eigenvalue weighted by Crippen LogP contribution is -2.38. The van der Waals surface area contributed by atoms with Gasteiger partial charge in [-0.1, -0.05) is 42.3 Å². The SMILES string of the molecule is C#C[C@@]1(CO[P@@](=O)(N[C@@H](C)C(=O)O)Oc2cccc3ccccc23)C=C[C@H](n2cc(C)c(=O)[nH]c2=O)O1. The molecular formula is C25H24N3O8P. The number of aromatic amines is 1. The Morgan fingerprint density at radius 1 is 1.32 bits per heavy atom. The molecule has 3 N–H and O–H groups in total. The highest BCUT2D eigenvalue weighted by Crippen LogP contribution is 2.48. The number of aryl methyl sites for hydroxylation is 1. The average molecular weight is 525 g/mol. The number of nitrogens with zero attached hydrogens (tertiary/aromatic N) is 1. The zero-order chi connectivity index (χ0) is 26.8. The number of fused-ring (bicyclic) bond motifs is 1. The number of rotatable bonds is 9. The molecule has 37 heavy (non-hydrogen) atoms. The Hall–Kier alpha value is -3.94. The molecule has 0 aliphatic carbocycles. The quantitative estimate of drug-likeness (QED) is 0.218. The van der Waals surface area contributed by atoms with Gasteiger partial charge in [0, 0.05) is 17.1 Å². The van der Waals surface area contributed by atoms with Crippen molar-refractivity contribution < 1.29 is 28.3 Å². The summed E-state index contributed by atoms with van der Waals surface area (Å²) >= 11 is 0. The van der Waals surface area contributed by atoms with Gasteiger partial charge in [0.05, 0.1) is 0 Å². The minimum Gasteiger partial charge on any atom is -0.480 e. The molecule has 12 heteroatoms. The monoisotopic (exact) mass is 525 g/mol. The fourth-order valence-corrected chi connectivity index (χ4v) is 5.18. The molecule has 1 aliphatic heterocycles. The second-order valence-electron chi connectivity index (χ2n) is 8.41. The zero-order valence-corrected chi connectivity index (χ0v) is 20.8. The van der Waals surface area contributed by atoms with Crippen LogP contribution >= 0.6 is 7.75 Å². The number of hydrogen-bond acceptors (Lipinski definition) is 7. The third-order valence-electron chi connectivity index (χ3n) is 5.66. The molecule has 0 unspecified atom stereocenters. The van der Waals surface area contributed by atoms with E-state index in [1.807, 2.05) is 18.2 Å². The van der Waals surface area contributed by atoms with E-state index in [-0.39, 0.29) is 11.3 Å². The van der Waals surface area contributed by atoms with Crippen molar-refractivity contribution in [2.24, 2.45) is 0 Å². The van der Waals surface area contributed by atoms with Crippen LogP contribution in [0.3, 0.4) is 0 Å². The Bertz CT molecular complexity index is 1580. The summed E-state index contributed by atoms with van der Waals surface area (Å²) in [6.45, 7) is 2.31. The number of aromatic nitrogens is 2. The summed E-state index contributed by atoms with van der Waals surface area (Å²) in [6, 6.07) is 11.0. The van der Waals surface area contributed by atoms with E-state index in [9.17, 15) is 24.1 Å². The van der Waals surface area contributed by atoms with Crippen molar-refractivity contribution in [3.8, 4) is 18.1 Å². The fraction of sp³-hybridized carbons (Fsp3) is 0.240. The van der Waals surface area contributed by atoms with Crippen LogP contribution in [-0.4, -0.2) is 38.9 Å². The van der Waals surface area contributed by atoms with Crippen LogP contribution in [0.2, 0.25) is 0 Å². The Morgan fingerprint density at radius 2 is 2.05 bits per heavy atom. The number of H-pyrrole nitrogens is 1. The van der Waals surface area contributed by atoms with E-state index in [1.54, 1.807) is 24.3 Å². The van der Waals surface area contributed by atoms with Gasteiger partial charge in [-0.05, 0) is 37.5 Å². The van der Waals surface area contributed by atoms with E-state index < -0.39 is 49.4 Å². The number of nitrogens with one attached hydrogen (secondary N) is 2. The standard InChI is InChI=1S/C25H24N3O8P/c1-4-25(13-12-21(35-25)28-14-16(2)22(29)26-24(28)32)15-34-37(33,27-17(3)23(30)31)36-20-11-7-9-18-8-5-6-10-19(18)20/h1,5-14,17,21H,15H2,2-3H3,(H,27,33)(H,30,31)(H,26,29,32)/t17-,21+,25-,37-/m0/s1. The van der Waals surface area contributed by atoms with Crippen molar-refractivity contribution in [3.05, 3.63) is 87.2 Å². The zero-order valence-electron chi connectivity index (χ0n) is 19.9. The number of aliphatic carboxylic acids is 1. The molecular weight excluding hydrogens is 501 g/mol. The number of carbonyl (C=O) groups is 1. The maximum atomic E-state index is 13.8. The largest absolute Gasteiger partial charge is 0.480 e. The normalized spacial score (nSPS) is 21.3. The molecule has 0 saturated heterocycles. The summed E-state index contributed by atoms with van der Waals surface area (Å²) in [5.41, 5.74) is -2.52. The Morgan fingerprint density at radius 3 is 2.78 bits per heavy atom. The average Bonchev–Trinajstić information content (AvgIpc) is 3.30. The predicted octanol–water partition coefficient (Wildman–Crippen LogP) is 2.72. The highest BCUT2D eigenvalue weighted by molar-refractivity contribution is 7.52. The maximum absolute atomic E-state index is 13.8. The van der Waals surface area contributed by atoms with Gasteiger partial charge >= 0.3 is 19.4 Å². The lowest BCUT2D eigenvalue weighted by Gasteiger charge is -2.28. The Kier molecular flexibility index (Phi) is 7.21. The van der Waals surface area contributed by atoms with Gasteiger partial charge in [-0.2, -0.15) is 5.09 Å². The van der Waals surface area contributed by atoms with Crippen molar-refractivity contribution in [3.63, 3.8) is 0 Å². The molecule has 4 atom stereocenters. The molecule has 0 fully saturated rings. The van der Waals surface area contributed by atoms with Gasteiger partial charge in [0.1, 0.15) is 18.4 Å². The molecule has 11 nitrogen and oxygen atoms in total. The van der Waals surface area contributed by atoms with Gasteiger partial charge in [0.25, 0.3) is 5.56 Å². The second kappa shape index (κ2) is 10.2. The molecule has 1 aromatic heterocycles. The highest BCUT2D eigenvalue weighted by atomic mass is 31.2. The number of hydrogen-bond donors (Lipinski definition) is 3. The van der Waals surface area contributed by atoms with E-state index in [4.69, 9.17) is 20.2 Å². The lowest BCUT2D eigenvalue weighted by atomic mass is 10.1. The third kappa shape index (κ3) is 5.58. The van der Waals surface area contributed by atoms with Crippen LogP contribution in [0.15, 0.2) is 70.4 Å². The van der Waals surface area contributed by atoms with Crippen LogP contribution in [-0.2, 0) is 18.6 Å². The van der Waals surface area contributed by atoms with Crippen LogP contribution in [0.5, 0.6) is 5.75 Å². The molecule has 0 bridgehead atoms. The van der Waals surface area contributed by atoms with Crippen LogP contribution in [0.1, 0.15) is 18.7 Å². The van der Waals surface area contributed by atoms with Gasteiger partial charge in [-0.25, -0.2) is 9.36 Å². The van der Waals surface area contributed by atoms with E-state index in [0.717, 1.165) is 9.95 Å². The first-order valence-electron chi connectivity index (χ1n) is 11.1. The van der Waals surface area contributed by atoms with E-state index in [2.05, 4.69) is 16.0 Å². The van der Waals surface area contributed by atoms with Crippen LogP contribution in [0.4, 0.5) is 0 Å². The maximum Gasteiger partial charge on any atom is 0.459 e. The summed E-state index contributed by atoms with van der Waals surface area (Å²) in [7, 11) is -4.34. The summed E-state index contributed by atoms with van der Waals surface area (Å²) in [4.78, 5) is 37.6. The third-order valence-corrected chi connectivity index (χ3v) is 7.27. The number of benzene rings is 2. The first kappa shape index (κ1) is 26.1. The number of ether oxygens (including phenoxy) is 1. The number of carboxylic acids is 1. The van der Waals surface area contributed by atoms with Crippen molar-refractivity contribution in [2.45, 2.75) is 31.7 Å². The molecule has 0 amide bonds. The molecule has 0 spiro atoms. The fourth-order valence-electron chi connectivity index (χ4n) is 3.63.